The predicted octanol–water partition coefficient (Wildman–Crippen LogP) is 3.27. The highest BCUT2D eigenvalue weighted by Gasteiger charge is 2.28. The molecule has 1 aliphatic rings. The van der Waals surface area contributed by atoms with Crippen molar-refractivity contribution in [2.24, 2.45) is 5.92 Å². The van der Waals surface area contributed by atoms with Gasteiger partial charge in [0.25, 0.3) is 10.0 Å². The number of aromatic carboxylic acids is 1. The lowest BCUT2D eigenvalue weighted by atomic mass is 9.96. The van der Waals surface area contributed by atoms with Crippen molar-refractivity contribution in [3.8, 4) is 0 Å². The molecule has 0 radical (unpaired) electrons. The van der Waals surface area contributed by atoms with E-state index in [-0.39, 0.29) is 28.0 Å². The quantitative estimate of drug-likeness (QED) is 0.628. The van der Waals surface area contributed by atoms with Crippen LogP contribution in [0.2, 0.25) is 0 Å². The molecule has 1 aliphatic heterocycles. The molecule has 1 heterocycles. The highest BCUT2D eigenvalue weighted by molar-refractivity contribution is 7.92. The molecule has 1 saturated heterocycles. The second-order valence-corrected chi connectivity index (χ2v) is 9.15. The maximum absolute atomic E-state index is 12.9. The van der Waals surface area contributed by atoms with Crippen LogP contribution in [-0.2, 0) is 19.6 Å². The molecule has 8 nitrogen and oxygen atoms in total. The normalized spacial score (nSPS) is 14.8. The summed E-state index contributed by atoms with van der Waals surface area (Å²) in [5, 5.41) is 9.37. The number of rotatable bonds is 7. The number of piperidine rings is 1. The first-order valence-electron chi connectivity index (χ1n) is 10.1. The number of hydrogen-bond donors (Lipinski definition) is 2. The van der Waals surface area contributed by atoms with Crippen LogP contribution >= 0.6 is 0 Å². The molecular formula is C22H26N2O6S. The van der Waals surface area contributed by atoms with Crippen LogP contribution in [0.5, 0.6) is 0 Å². The average molecular weight is 447 g/mol. The second kappa shape index (κ2) is 9.38. The standard InChI is InChI=1S/C22H26N2O6S/c1-3-30-22(27)16-9-11-24(12-10-16)20-8-7-17(21(25)26)14-19(20)23-31(28,29)18-6-4-5-15(2)13-18/h4-8,13-14,16,23H,3,9-12H2,1-2H3,(H,25,26). The van der Waals surface area contributed by atoms with Crippen molar-refractivity contribution in [1.29, 1.82) is 0 Å². The smallest absolute Gasteiger partial charge is 0.335 e. The van der Waals surface area contributed by atoms with Crippen LogP contribution in [0, 0.1) is 12.8 Å². The monoisotopic (exact) mass is 446 g/mol. The first kappa shape index (κ1) is 22.6. The number of nitrogens with zero attached hydrogens (tertiary/aromatic N) is 1. The molecule has 166 valence electrons. The lowest BCUT2D eigenvalue weighted by molar-refractivity contribution is -0.148. The Labute approximate surface area is 181 Å². The third-order valence-electron chi connectivity index (χ3n) is 5.24. The minimum absolute atomic E-state index is 0.0212. The van der Waals surface area contributed by atoms with Gasteiger partial charge in [-0.15, -0.1) is 0 Å². The fraction of sp³-hybridized carbons (Fsp3) is 0.364. The Bertz CT molecular complexity index is 1080. The molecule has 0 spiro atoms. The Kier molecular flexibility index (Phi) is 6.84. The number of carboxylic acid groups (broad SMARTS) is 1. The SMILES string of the molecule is CCOC(=O)C1CCN(c2ccc(C(=O)O)cc2NS(=O)(=O)c2cccc(C)c2)CC1. The minimum atomic E-state index is -3.91. The maximum atomic E-state index is 12.9. The molecule has 0 bridgehead atoms. The molecule has 0 saturated carbocycles. The van der Waals surface area contributed by atoms with Crippen LogP contribution in [0.4, 0.5) is 11.4 Å². The van der Waals surface area contributed by atoms with Gasteiger partial charge in [0.15, 0.2) is 0 Å². The van der Waals surface area contributed by atoms with E-state index in [9.17, 15) is 23.1 Å². The van der Waals surface area contributed by atoms with Crippen molar-refractivity contribution in [2.45, 2.75) is 31.6 Å². The van der Waals surface area contributed by atoms with Crippen molar-refractivity contribution in [3.05, 3.63) is 53.6 Å². The average Bonchev–Trinajstić information content (AvgIpc) is 2.74. The first-order chi connectivity index (χ1) is 14.7. The number of carboxylic acids is 1. The lowest BCUT2D eigenvalue weighted by Crippen LogP contribution is -2.37. The molecule has 9 heteroatoms. The number of sulfonamides is 1. The number of ether oxygens (including phenoxy) is 1. The second-order valence-electron chi connectivity index (χ2n) is 7.47. The van der Waals surface area contributed by atoms with E-state index in [4.69, 9.17) is 4.74 Å². The largest absolute Gasteiger partial charge is 0.478 e. The molecule has 0 aromatic heterocycles. The Morgan fingerprint density at radius 1 is 1.16 bits per heavy atom. The summed E-state index contributed by atoms with van der Waals surface area (Å²) < 4.78 is 33.5. The van der Waals surface area contributed by atoms with E-state index in [2.05, 4.69) is 4.72 Å². The number of carbonyl (C=O) groups is 2. The van der Waals surface area contributed by atoms with Gasteiger partial charge in [-0.3, -0.25) is 9.52 Å². The molecule has 3 rings (SSSR count). The van der Waals surface area contributed by atoms with E-state index >= 15 is 0 Å². The van der Waals surface area contributed by atoms with Gasteiger partial charge < -0.3 is 14.7 Å². The van der Waals surface area contributed by atoms with Gasteiger partial charge in [0.05, 0.1) is 34.4 Å². The van der Waals surface area contributed by atoms with E-state index in [1.165, 1.54) is 18.2 Å². The van der Waals surface area contributed by atoms with Crippen LogP contribution in [0.1, 0.15) is 35.7 Å². The summed E-state index contributed by atoms with van der Waals surface area (Å²) in [6.45, 7) is 4.94. The summed E-state index contributed by atoms with van der Waals surface area (Å²) in [6, 6.07) is 10.8. The Balaban J connectivity index is 1.88. The number of anilines is 2. The van der Waals surface area contributed by atoms with Gasteiger partial charge in [-0.2, -0.15) is 0 Å². The summed E-state index contributed by atoms with van der Waals surface area (Å²) >= 11 is 0. The van der Waals surface area contributed by atoms with Crippen LogP contribution in [0.15, 0.2) is 47.4 Å². The van der Waals surface area contributed by atoms with Crippen molar-refractivity contribution in [3.63, 3.8) is 0 Å². The molecule has 0 aliphatic carbocycles. The maximum Gasteiger partial charge on any atom is 0.335 e. The molecule has 0 unspecified atom stereocenters. The van der Waals surface area contributed by atoms with E-state index in [1.54, 1.807) is 38.1 Å². The summed E-state index contributed by atoms with van der Waals surface area (Å²) in [5.41, 5.74) is 1.54. The fourth-order valence-electron chi connectivity index (χ4n) is 3.63. The van der Waals surface area contributed by atoms with Gasteiger partial charge in [0.1, 0.15) is 0 Å². The van der Waals surface area contributed by atoms with Crippen molar-refractivity contribution < 1.29 is 27.9 Å². The lowest BCUT2D eigenvalue weighted by Gasteiger charge is -2.34. The molecule has 2 aromatic carbocycles. The number of esters is 1. The first-order valence-corrected chi connectivity index (χ1v) is 11.6. The summed E-state index contributed by atoms with van der Waals surface area (Å²) in [7, 11) is -3.91. The van der Waals surface area contributed by atoms with E-state index in [1.807, 2.05) is 4.90 Å². The van der Waals surface area contributed by atoms with Crippen LogP contribution in [0.3, 0.4) is 0 Å². The predicted molar refractivity (Wildman–Crippen MR) is 117 cm³/mol. The summed E-state index contributed by atoms with van der Waals surface area (Å²) in [4.78, 5) is 25.5. The molecule has 2 N–H and O–H groups in total. The topological polar surface area (TPSA) is 113 Å². The molecule has 0 atom stereocenters. The van der Waals surface area contributed by atoms with E-state index in [0.717, 1.165) is 5.56 Å². The van der Waals surface area contributed by atoms with Gasteiger partial charge in [-0.25, -0.2) is 13.2 Å². The number of hydrogen-bond acceptors (Lipinski definition) is 6. The molecule has 0 amide bonds. The molecule has 2 aromatic rings. The zero-order chi connectivity index (χ0) is 22.6. The third kappa shape index (κ3) is 5.35. The van der Waals surface area contributed by atoms with Crippen molar-refractivity contribution in [1.82, 2.24) is 0 Å². The van der Waals surface area contributed by atoms with E-state index in [0.29, 0.717) is 38.2 Å². The summed E-state index contributed by atoms with van der Waals surface area (Å²) in [6.07, 6.45) is 1.15. The Morgan fingerprint density at radius 3 is 2.48 bits per heavy atom. The van der Waals surface area contributed by atoms with Crippen LogP contribution in [-0.4, -0.2) is 45.2 Å². The van der Waals surface area contributed by atoms with Gasteiger partial charge in [-0.05, 0) is 62.6 Å². The molecular weight excluding hydrogens is 420 g/mol. The number of benzene rings is 2. The van der Waals surface area contributed by atoms with Gasteiger partial charge in [0, 0.05) is 13.1 Å². The Morgan fingerprint density at radius 2 is 1.87 bits per heavy atom. The number of nitrogens with one attached hydrogen (secondary N) is 1. The zero-order valence-electron chi connectivity index (χ0n) is 17.5. The molecule has 31 heavy (non-hydrogen) atoms. The van der Waals surface area contributed by atoms with Gasteiger partial charge >= 0.3 is 11.9 Å². The van der Waals surface area contributed by atoms with Crippen LogP contribution < -0.4 is 9.62 Å². The Hall–Kier alpha value is -3.07. The van der Waals surface area contributed by atoms with Crippen LogP contribution in [0.25, 0.3) is 0 Å². The number of carbonyl (C=O) groups excluding carboxylic acids is 1. The van der Waals surface area contributed by atoms with Gasteiger partial charge in [0.2, 0.25) is 0 Å². The fourth-order valence-corrected chi connectivity index (χ4v) is 4.80. The third-order valence-corrected chi connectivity index (χ3v) is 6.61. The summed E-state index contributed by atoms with van der Waals surface area (Å²) in [5.74, 6) is -1.56. The van der Waals surface area contributed by atoms with Crippen molar-refractivity contribution in [2.75, 3.05) is 29.3 Å². The highest BCUT2D eigenvalue weighted by Crippen LogP contribution is 2.33. The van der Waals surface area contributed by atoms with E-state index < -0.39 is 16.0 Å². The molecule has 1 fully saturated rings. The minimum Gasteiger partial charge on any atom is -0.478 e. The zero-order valence-corrected chi connectivity index (χ0v) is 18.3. The highest BCUT2D eigenvalue weighted by atomic mass is 32.2. The van der Waals surface area contributed by atoms with Gasteiger partial charge in [-0.1, -0.05) is 12.1 Å². The number of aryl methyl sites for hydroxylation is 1. The van der Waals surface area contributed by atoms with Crippen molar-refractivity contribution >= 4 is 33.3 Å².